The molecule has 2 atom stereocenters. The molecule has 80 valence electrons. The van der Waals surface area contributed by atoms with Gasteiger partial charge in [-0.25, -0.2) is 0 Å². The number of carbonyl (C=O) groups excluding carboxylic acids is 1. The molecule has 1 aliphatic rings. The molecule has 0 spiro atoms. The number of rotatable bonds is 2. The Morgan fingerprint density at radius 3 is 3.00 bits per heavy atom. The number of quaternary nitrogens is 1. The van der Waals surface area contributed by atoms with Crippen molar-refractivity contribution >= 4 is 17.7 Å². The van der Waals surface area contributed by atoms with Crippen LogP contribution in [0.1, 0.15) is 10.9 Å². The fourth-order valence-electron chi connectivity index (χ4n) is 1.59. The molecule has 1 aromatic rings. The van der Waals surface area contributed by atoms with Gasteiger partial charge in [0, 0.05) is 5.56 Å². The van der Waals surface area contributed by atoms with Crippen LogP contribution >= 0.6 is 11.8 Å². The SMILES string of the molecule is O=C([O-])C1CSC(c2cccc(O)c2)[NH2+]1. The molecule has 0 radical (unpaired) electrons. The van der Waals surface area contributed by atoms with Crippen LogP contribution in [0.4, 0.5) is 0 Å². The third kappa shape index (κ3) is 2.24. The molecule has 15 heavy (non-hydrogen) atoms. The molecule has 0 aromatic heterocycles. The number of carboxylic acid groups (broad SMARTS) is 1. The number of aliphatic carboxylic acids is 1. The van der Waals surface area contributed by atoms with Gasteiger partial charge in [0.2, 0.25) is 0 Å². The van der Waals surface area contributed by atoms with Crippen molar-refractivity contribution in [3.63, 3.8) is 0 Å². The molecular formula is C10H11NO3S. The number of nitrogens with two attached hydrogens (primary N) is 1. The maximum Gasteiger partial charge on any atom is 0.159 e. The van der Waals surface area contributed by atoms with Crippen molar-refractivity contribution in [2.24, 2.45) is 0 Å². The zero-order valence-corrected chi connectivity index (χ0v) is 8.74. The van der Waals surface area contributed by atoms with Crippen molar-refractivity contribution in [2.45, 2.75) is 11.4 Å². The van der Waals surface area contributed by atoms with Crippen LogP contribution in [0, 0.1) is 0 Å². The molecule has 1 fully saturated rings. The lowest BCUT2D eigenvalue weighted by Gasteiger charge is -2.10. The van der Waals surface area contributed by atoms with E-state index in [0.717, 1.165) is 5.56 Å². The van der Waals surface area contributed by atoms with E-state index in [0.29, 0.717) is 5.75 Å². The van der Waals surface area contributed by atoms with Crippen molar-refractivity contribution in [3.05, 3.63) is 29.8 Å². The van der Waals surface area contributed by atoms with E-state index >= 15 is 0 Å². The van der Waals surface area contributed by atoms with Gasteiger partial charge in [-0.2, -0.15) is 0 Å². The van der Waals surface area contributed by atoms with Gasteiger partial charge < -0.3 is 20.3 Å². The average Bonchev–Trinajstić information content (AvgIpc) is 2.66. The Hall–Kier alpha value is -1.20. The largest absolute Gasteiger partial charge is 0.544 e. The summed E-state index contributed by atoms with van der Waals surface area (Å²) in [4.78, 5) is 10.6. The van der Waals surface area contributed by atoms with Crippen LogP contribution in [0.5, 0.6) is 5.75 Å². The first-order valence-corrected chi connectivity index (χ1v) is 5.68. The zero-order valence-electron chi connectivity index (χ0n) is 7.92. The van der Waals surface area contributed by atoms with Gasteiger partial charge in [-0.15, -0.1) is 0 Å². The highest BCUT2D eigenvalue weighted by Crippen LogP contribution is 2.28. The molecule has 0 aliphatic carbocycles. The minimum Gasteiger partial charge on any atom is -0.544 e. The molecule has 3 N–H and O–H groups in total. The fourth-order valence-corrected chi connectivity index (χ4v) is 2.89. The summed E-state index contributed by atoms with van der Waals surface area (Å²) in [5, 5.41) is 21.7. The second-order valence-electron chi connectivity index (χ2n) is 3.47. The standard InChI is InChI=1S/C10H11NO3S/c12-7-3-1-2-6(4-7)9-11-8(5-15-9)10(13)14/h1-4,8-9,11-12H,5H2,(H,13,14). The molecular weight excluding hydrogens is 214 g/mol. The van der Waals surface area contributed by atoms with E-state index in [1.54, 1.807) is 35.3 Å². The Morgan fingerprint density at radius 1 is 1.60 bits per heavy atom. The third-order valence-corrected chi connectivity index (χ3v) is 3.70. The number of phenolic OH excluding ortho intramolecular Hbond substituents is 1. The van der Waals surface area contributed by atoms with E-state index in [2.05, 4.69) is 0 Å². The van der Waals surface area contributed by atoms with Gasteiger partial charge in [0.15, 0.2) is 5.37 Å². The summed E-state index contributed by atoms with van der Waals surface area (Å²) in [6.07, 6.45) is 0. The molecule has 0 amide bonds. The van der Waals surface area contributed by atoms with Gasteiger partial charge in [0.1, 0.15) is 17.8 Å². The highest BCUT2D eigenvalue weighted by molar-refractivity contribution is 7.99. The number of hydrogen-bond acceptors (Lipinski definition) is 4. The van der Waals surface area contributed by atoms with Gasteiger partial charge in [-0.05, 0) is 12.1 Å². The van der Waals surface area contributed by atoms with Crippen LogP contribution in [-0.4, -0.2) is 22.9 Å². The molecule has 1 aliphatic heterocycles. The topological polar surface area (TPSA) is 77.0 Å². The van der Waals surface area contributed by atoms with Gasteiger partial charge in [0.25, 0.3) is 0 Å². The van der Waals surface area contributed by atoms with E-state index in [1.807, 2.05) is 6.07 Å². The minimum atomic E-state index is -1.02. The van der Waals surface area contributed by atoms with Gasteiger partial charge in [-0.3, -0.25) is 0 Å². The number of aromatic hydroxyl groups is 1. The first-order chi connectivity index (χ1) is 7.16. The van der Waals surface area contributed by atoms with Gasteiger partial charge >= 0.3 is 0 Å². The molecule has 1 heterocycles. The first-order valence-electron chi connectivity index (χ1n) is 4.63. The Labute approximate surface area is 91.3 Å². The average molecular weight is 225 g/mol. The first kappa shape index (κ1) is 10.3. The summed E-state index contributed by atoms with van der Waals surface area (Å²) in [6, 6.07) is 6.41. The molecule has 2 rings (SSSR count). The normalized spacial score (nSPS) is 25.3. The quantitative estimate of drug-likeness (QED) is 0.664. The Morgan fingerprint density at radius 2 is 2.40 bits per heavy atom. The Kier molecular flexibility index (Phi) is 2.83. The van der Waals surface area contributed by atoms with E-state index in [9.17, 15) is 15.0 Å². The monoisotopic (exact) mass is 225 g/mol. The molecule has 4 nitrogen and oxygen atoms in total. The van der Waals surface area contributed by atoms with Crippen LogP contribution in [0.15, 0.2) is 24.3 Å². The number of thioether (sulfide) groups is 1. The van der Waals surface area contributed by atoms with Crippen molar-refractivity contribution in [2.75, 3.05) is 5.75 Å². The van der Waals surface area contributed by atoms with Crippen molar-refractivity contribution < 1.29 is 20.3 Å². The van der Waals surface area contributed by atoms with Crippen LogP contribution in [0.25, 0.3) is 0 Å². The van der Waals surface area contributed by atoms with Gasteiger partial charge in [-0.1, -0.05) is 23.9 Å². The molecule has 5 heteroatoms. The van der Waals surface area contributed by atoms with Crippen molar-refractivity contribution in [1.29, 1.82) is 0 Å². The maximum absolute atomic E-state index is 10.6. The smallest absolute Gasteiger partial charge is 0.159 e. The highest BCUT2D eigenvalue weighted by atomic mass is 32.2. The number of hydrogen-bond donors (Lipinski definition) is 2. The molecule has 1 aromatic carbocycles. The van der Waals surface area contributed by atoms with Crippen LogP contribution in [0.3, 0.4) is 0 Å². The predicted molar refractivity (Wildman–Crippen MR) is 54.0 cm³/mol. The summed E-state index contributed by atoms with van der Waals surface area (Å²) >= 11 is 1.55. The summed E-state index contributed by atoms with van der Waals surface area (Å²) in [6.45, 7) is 0. The lowest BCUT2D eigenvalue weighted by atomic mass is 10.2. The van der Waals surface area contributed by atoms with E-state index < -0.39 is 12.0 Å². The van der Waals surface area contributed by atoms with Crippen LogP contribution in [0.2, 0.25) is 0 Å². The highest BCUT2D eigenvalue weighted by Gasteiger charge is 2.30. The van der Waals surface area contributed by atoms with Crippen LogP contribution in [-0.2, 0) is 4.79 Å². The van der Waals surface area contributed by atoms with E-state index in [1.165, 1.54) is 0 Å². The third-order valence-electron chi connectivity index (χ3n) is 2.36. The lowest BCUT2D eigenvalue weighted by Crippen LogP contribution is -2.90. The minimum absolute atomic E-state index is 0.0417. The Bertz CT molecular complexity index is 383. The molecule has 2 unspecified atom stereocenters. The maximum atomic E-state index is 10.6. The molecule has 0 saturated carbocycles. The van der Waals surface area contributed by atoms with E-state index in [4.69, 9.17) is 0 Å². The molecule has 0 bridgehead atoms. The van der Waals surface area contributed by atoms with Crippen molar-refractivity contribution in [1.82, 2.24) is 0 Å². The number of phenols is 1. The summed E-state index contributed by atoms with van der Waals surface area (Å²) in [5.41, 5.74) is 0.934. The summed E-state index contributed by atoms with van der Waals surface area (Å²) in [7, 11) is 0. The summed E-state index contributed by atoms with van der Waals surface area (Å²) in [5.74, 6) is -0.272. The lowest BCUT2D eigenvalue weighted by molar-refractivity contribution is -0.690. The zero-order chi connectivity index (χ0) is 10.8. The second-order valence-corrected chi connectivity index (χ2v) is 4.64. The summed E-state index contributed by atoms with van der Waals surface area (Å²) < 4.78 is 0. The van der Waals surface area contributed by atoms with Gasteiger partial charge in [0.05, 0.1) is 5.75 Å². The Balaban J connectivity index is 2.11. The van der Waals surface area contributed by atoms with E-state index in [-0.39, 0.29) is 11.1 Å². The number of carboxylic acids is 1. The molecule has 1 saturated heterocycles. The predicted octanol–water partition coefficient (Wildman–Crippen LogP) is -1.18. The second kappa shape index (κ2) is 4.12. The number of carbonyl (C=O) groups is 1. The van der Waals surface area contributed by atoms with Crippen LogP contribution < -0.4 is 10.4 Å². The number of benzene rings is 1. The van der Waals surface area contributed by atoms with Crippen molar-refractivity contribution in [3.8, 4) is 5.75 Å². The fraction of sp³-hybridized carbons (Fsp3) is 0.300.